The van der Waals surface area contributed by atoms with Gasteiger partial charge in [-0.05, 0) is 29.2 Å². The molecular formula is C24H28N4O10SU-6. The molecule has 40 heavy (non-hydrogen) atoms. The third kappa shape index (κ3) is 11.9. The maximum Gasteiger partial charge on any atom is 0.255 e. The van der Waals surface area contributed by atoms with Gasteiger partial charge in [-0.3, -0.25) is 13.8 Å². The third-order valence-electron chi connectivity index (χ3n) is 4.58. The summed E-state index contributed by atoms with van der Waals surface area (Å²) in [6.07, 6.45) is 5.93. The molecule has 2 aromatic heterocycles. The molecule has 14 nitrogen and oxygen atoms in total. The fourth-order valence-electron chi connectivity index (χ4n) is 2.80. The van der Waals surface area contributed by atoms with E-state index in [0.29, 0.717) is 11.3 Å². The summed E-state index contributed by atoms with van der Waals surface area (Å²) in [5.41, 5.74) is 0.389. The molecule has 0 fully saturated rings. The molecule has 0 radical (unpaired) electrons. The average Bonchev–Trinajstić information content (AvgIpc) is 2.85. The molecule has 0 saturated heterocycles. The number of hydrogen-bond acceptors (Lipinski definition) is 8. The fraction of sp³-hybridized carbons (Fsp3) is 0.250. The van der Waals surface area contributed by atoms with Crippen LogP contribution in [0.15, 0.2) is 48.8 Å². The van der Waals surface area contributed by atoms with Crippen molar-refractivity contribution in [2.45, 2.75) is 6.54 Å². The molecule has 0 aliphatic heterocycles. The molecule has 16 heteroatoms. The Labute approximate surface area is 257 Å². The van der Waals surface area contributed by atoms with Gasteiger partial charge in [0.25, 0.3) is 11.8 Å². The van der Waals surface area contributed by atoms with E-state index in [-0.39, 0.29) is 59.7 Å². The van der Waals surface area contributed by atoms with Crippen molar-refractivity contribution in [3.05, 3.63) is 65.5 Å². The van der Waals surface area contributed by atoms with Crippen LogP contribution in [0.3, 0.4) is 0 Å². The van der Waals surface area contributed by atoms with Gasteiger partial charge in [0.05, 0.1) is 0 Å². The summed E-state index contributed by atoms with van der Waals surface area (Å²) in [6, 6.07) is 8.96. The molecule has 2 amide bonds. The Morgan fingerprint density at radius 2 is 1.27 bits per heavy atom. The van der Waals surface area contributed by atoms with Crippen LogP contribution in [0.5, 0.6) is 23.3 Å². The van der Waals surface area contributed by atoms with Crippen molar-refractivity contribution >= 4 is 28.3 Å². The Morgan fingerprint density at radius 3 is 1.73 bits per heavy atom. The van der Waals surface area contributed by atoms with Gasteiger partial charge in [0.2, 0.25) is 0 Å². The molecular weight excluding hydrogens is 774 g/mol. The van der Waals surface area contributed by atoms with Crippen molar-refractivity contribution in [2.24, 2.45) is 14.1 Å². The molecule has 0 spiro atoms. The quantitative estimate of drug-likeness (QED) is 0.227. The number of aromatic nitrogens is 2. The minimum atomic E-state index is -0.909. The summed E-state index contributed by atoms with van der Waals surface area (Å²) in [4.78, 5) is 24.6. The van der Waals surface area contributed by atoms with Crippen molar-refractivity contribution < 1.29 is 90.5 Å². The zero-order chi connectivity index (χ0) is 28.3. The zero-order valence-electron chi connectivity index (χ0n) is 22.3. The molecule has 0 atom stereocenters. The van der Waals surface area contributed by atoms with Crippen LogP contribution >= 0.6 is 0 Å². The number of nitrogens with one attached hydrogen (secondary N) is 2. The summed E-state index contributed by atoms with van der Waals surface area (Å²) in [6.45, 7) is 0.0237. The standard InChI is InChI=1S/C21H20N4O6.C2H6OS.CH4O.2O.U/c1-24-8-6-14(16(26)20(24)30)18(28)22-11-12-4-3-5-13(10-12)23-19(29)15-7-9-25(2)21(31)17(15)27;1-4(2)3;1-2;;;/h3-10H,11H2,1-2H3,(H4,22,23,26,27,28,29);1-2H3;2H,1H3;;;/q;;;2*-2;/p-2. The van der Waals surface area contributed by atoms with E-state index in [0.717, 1.165) is 16.2 Å². The first-order valence-electron chi connectivity index (χ1n) is 10.5. The van der Waals surface area contributed by atoms with Crippen LogP contribution in [-0.4, -0.2) is 40.8 Å². The first-order valence-corrected chi connectivity index (χ1v) is 12.5. The minimum absolute atomic E-state index is 0. The van der Waals surface area contributed by atoms with Crippen LogP contribution in [-0.2, 0) is 42.4 Å². The largest absolute Gasteiger partial charge is 2.00 e. The van der Waals surface area contributed by atoms with Crippen molar-refractivity contribution in [1.82, 2.24) is 5.32 Å². The van der Waals surface area contributed by atoms with Crippen molar-refractivity contribution in [2.75, 3.05) is 24.9 Å². The molecule has 1 aromatic carbocycles. The number of carbonyl (C=O) groups is 2. The molecule has 0 bridgehead atoms. The topological polar surface area (TPSA) is 252 Å². The van der Waals surface area contributed by atoms with Gasteiger partial charge < -0.3 is 47.1 Å². The number of rotatable bonds is 5. The summed E-state index contributed by atoms with van der Waals surface area (Å²) in [5.74, 6) is -4.85. The number of pyridine rings is 2. The van der Waals surface area contributed by atoms with Crippen LogP contribution in [0.1, 0.15) is 26.3 Å². The molecule has 0 aliphatic rings. The number of aryl methyl sites for hydroxylation is 2. The number of hydrogen-bond donors (Lipinski definition) is 3. The third-order valence-corrected chi connectivity index (χ3v) is 4.58. The minimum Gasteiger partial charge on any atom is -2.00 e. The second-order valence-corrected chi connectivity index (χ2v) is 9.01. The van der Waals surface area contributed by atoms with Gasteiger partial charge in [0.1, 0.15) is 25.9 Å². The van der Waals surface area contributed by atoms with E-state index in [2.05, 4.69) is 10.6 Å². The smallest absolute Gasteiger partial charge is 0.255 e. The fourth-order valence-corrected chi connectivity index (χ4v) is 2.80. The normalized spacial score (nSPS) is 9.18. The first kappa shape index (κ1) is 41.2. The Morgan fingerprint density at radius 1 is 0.850 bits per heavy atom. The molecule has 0 unspecified atom stereocenters. The van der Waals surface area contributed by atoms with Crippen LogP contribution in [0.4, 0.5) is 5.69 Å². The molecule has 3 aromatic rings. The second-order valence-electron chi connectivity index (χ2n) is 7.53. The Kier molecular flexibility index (Phi) is 20.4. The van der Waals surface area contributed by atoms with E-state index in [9.17, 15) is 34.2 Å². The Hall–Kier alpha value is -3.26. The summed E-state index contributed by atoms with van der Waals surface area (Å²) in [7, 11) is 3.21. The SMILES string of the molecule is CO.CS(C)=O.C[n+]1ccc(C(=O)NCc2cccc(NC(=O)c3cc[n+](C)c([O-])c3[O-])c2)c([O-])c1[O-].[O-2].[O-2].[U]. The van der Waals surface area contributed by atoms with E-state index in [4.69, 9.17) is 5.11 Å². The van der Waals surface area contributed by atoms with Crippen LogP contribution in [0, 0.1) is 31.1 Å². The Bertz CT molecular complexity index is 1290. The summed E-state index contributed by atoms with van der Waals surface area (Å²) in [5, 5.41) is 59.4. The van der Waals surface area contributed by atoms with Gasteiger partial charge in [-0.2, -0.15) is 0 Å². The number of anilines is 1. The van der Waals surface area contributed by atoms with E-state index < -0.39 is 45.9 Å². The van der Waals surface area contributed by atoms with Crippen molar-refractivity contribution in [3.8, 4) is 23.3 Å². The number of carbonyl (C=O) groups excluding carboxylic acids is 2. The van der Waals surface area contributed by atoms with E-state index >= 15 is 0 Å². The number of aliphatic hydroxyl groups excluding tert-OH is 1. The first-order chi connectivity index (χ1) is 17.4. The molecule has 2 heterocycles. The van der Waals surface area contributed by atoms with Crippen molar-refractivity contribution in [3.63, 3.8) is 0 Å². The number of aliphatic hydroxyl groups is 1. The molecule has 3 N–H and O–H groups in total. The zero-order valence-corrected chi connectivity index (χ0v) is 27.2. The van der Waals surface area contributed by atoms with Gasteiger partial charge in [-0.1, -0.05) is 12.1 Å². The maximum absolute atomic E-state index is 12.4. The number of amides is 2. The Balaban J connectivity index is -0.00000140. The summed E-state index contributed by atoms with van der Waals surface area (Å²) < 4.78 is 11.7. The molecule has 0 aliphatic carbocycles. The van der Waals surface area contributed by atoms with Gasteiger partial charge in [-0.15, -0.1) is 0 Å². The van der Waals surface area contributed by atoms with Gasteiger partial charge in [-0.25, -0.2) is 9.13 Å². The van der Waals surface area contributed by atoms with Gasteiger partial charge >= 0.3 is 0 Å². The number of nitrogens with zero attached hydrogens (tertiary/aromatic N) is 2. The van der Waals surface area contributed by atoms with Crippen LogP contribution < -0.4 is 40.2 Å². The second kappa shape index (κ2) is 19.7. The van der Waals surface area contributed by atoms with Gasteiger partial charge in [0.15, 0.2) is 12.4 Å². The van der Waals surface area contributed by atoms with Crippen molar-refractivity contribution in [1.29, 1.82) is 0 Å². The summed E-state index contributed by atoms with van der Waals surface area (Å²) >= 11 is 0. The molecule has 0 saturated carbocycles. The predicted octanol–water partition coefficient (Wildman–Crippen LogP) is -2.82. The molecule has 3 rings (SSSR count). The predicted molar refractivity (Wildman–Crippen MR) is 128 cm³/mol. The number of benzene rings is 1. The maximum atomic E-state index is 12.4. The van der Waals surface area contributed by atoms with E-state index in [1.165, 1.54) is 38.6 Å². The monoisotopic (exact) mass is 802 g/mol. The van der Waals surface area contributed by atoms with Crippen LogP contribution in [0.2, 0.25) is 0 Å². The van der Waals surface area contributed by atoms with Gasteiger partial charge in [0, 0.05) is 97.0 Å². The average molecular weight is 803 g/mol. The van der Waals surface area contributed by atoms with E-state index in [1.54, 1.807) is 36.8 Å². The molecule has 220 valence electrons. The van der Waals surface area contributed by atoms with E-state index in [1.807, 2.05) is 0 Å². The van der Waals surface area contributed by atoms with Crippen LogP contribution in [0.25, 0.3) is 0 Å².